The highest BCUT2D eigenvalue weighted by molar-refractivity contribution is 5.96. The van der Waals surface area contributed by atoms with Crippen molar-refractivity contribution in [1.82, 2.24) is 4.90 Å². The Morgan fingerprint density at radius 2 is 1.94 bits per heavy atom. The van der Waals surface area contributed by atoms with E-state index in [4.69, 9.17) is 9.84 Å². The van der Waals surface area contributed by atoms with Crippen molar-refractivity contribution in [2.75, 3.05) is 40.0 Å². The molecule has 0 saturated heterocycles. The highest BCUT2D eigenvalue weighted by Crippen LogP contribution is 2.04. The third-order valence-electron chi connectivity index (χ3n) is 2.78. The molecule has 0 unspecified atom stereocenters. The lowest BCUT2D eigenvalue weighted by Gasteiger charge is -2.20. The van der Waals surface area contributed by atoms with Crippen molar-refractivity contribution in [1.29, 1.82) is 0 Å². The van der Waals surface area contributed by atoms with Gasteiger partial charge in [-0.2, -0.15) is 0 Å². The van der Waals surface area contributed by atoms with Gasteiger partial charge in [-0.25, -0.2) is 0 Å². The van der Waals surface area contributed by atoms with Crippen LogP contribution >= 0.6 is 0 Å². The Morgan fingerprint density at radius 3 is 2.56 bits per heavy atom. The molecule has 0 aliphatic rings. The maximum atomic E-state index is 11.9. The number of ketones is 1. The summed E-state index contributed by atoms with van der Waals surface area (Å²) in [5, 5.41) is 8.95. The molecule has 1 aromatic rings. The molecule has 0 saturated carbocycles. The number of rotatable bonds is 9. The molecule has 0 atom stereocenters. The summed E-state index contributed by atoms with van der Waals surface area (Å²) in [7, 11) is 1.65. The summed E-state index contributed by atoms with van der Waals surface area (Å²) in [5.74, 6) is 0.135. The van der Waals surface area contributed by atoms with E-state index in [0.29, 0.717) is 26.1 Å². The summed E-state index contributed by atoms with van der Waals surface area (Å²) >= 11 is 0. The SMILES string of the molecule is COCCN(CCO)CCC(=O)c1ccccc1. The van der Waals surface area contributed by atoms with Crippen molar-refractivity contribution in [3.8, 4) is 0 Å². The van der Waals surface area contributed by atoms with Crippen LogP contribution in [0.2, 0.25) is 0 Å². The van der Waals surface area contributed by atoms with Gasteiger partial charge in [0, 0.05) is 38.7 Å². The van der Waals surface area contributed by atoms with Crippen LogP contribution in [-0.4, -0.2) is 55.7 Å². The topological polar surface area (TPSA) is 49.8 Å². The number of benzene rings is 1. The molecule has 0 spiro atoms. The van der Waals surface area contributed by atoms with Crippen LogP contribution in [0.3, 0.4) is 0 Å². The van der Waals surface area contributed by atoms with Gasteiger partial charge in [0.05, 0.1) is 13.2 Å². The van der Waals surface area contributed by atoms with Gasteiger partial charge < -0.3 is 9.84 Å². The van der Waals surface area contributed by atoms with Gasteiger partial charge in [0.1, 0.15) is 0 Å². The van der Waals surface area contributed by atoms with Gasteiger partial charge in [0.25, 0.3) is 0 Å². The smallest absolute Gasteiger partial charge is 0.164 e. The van der Waals surface area contributed by atoms with Gasteiger partial charge in [-0.3, -0.25) is 9.69 Å². The Hall–Kier alpha value is -1.23. The summed E-state index contributed by atoms with van der Waals surface area (Å²) in [4.78, 5) is 13.9. The van der Waals surface area contributed by atoms with Gasteiger partial charge >= 0.3 is 0 Å². The maximum Gasteiger partial charge on any atom is 0.164 e. The fourth-order valence-electron chi connectivity index (χ4n) is 1.73. The minimum Gasteiger partial charge on any atom is -0.395 e. The molecule has 0 fully saturated rings. The van der Waals surface area contributed by atoms with Crippen LogP contribution in [-0.2, 0) is 4.74 Å². The number of Topliss-reactive ketones (excluding diaryl/α,β-unsaturated/α-hetero) is 1. The highest BCUT2D eigenvalue weighted by atomic mass is 16.5. The van der Waals surface area contributed by atoms with Crippen LogP contribution in [0.4, 0.5) is 0 Å². The van der Waals surface area contributed by atoms with E-state index in [9.17, 15) is 4.79 Å². The molecule has 0 bridgehead atoms. The first-order chi connectivity index (χ1) is 8.77. The van der Waals surface area contributed by atoms with E-state index < -0.39 is 0 Å². The second-order valence-electron chi connectivity index (χ2n) is 4.10. The molecule has 4 nitrogen and oxygen atoms in total. The van der Waals surface area contributed by atoms with Gasteiger partial charge in [-0.05, 0) is 0 Å². The zero-order chi connectivity index (χ0) is 13.2. The van der Waals surface area contributed by atoms with E-state index in [1.807, 2.05) is 35.2 Å². The number of nitrogens with zero attached hydrogens (tertiary/aromatic N) is 1. The first-order valence-electron chi connectivity index (χ1n) is 6.18. The molecule has 1 rings (SSSR count). The number of ether oxygens (including phenoxy) is 1. The molecular formula is C14H21NO3. The highest BCUT2D eigenvalue weighted by Gasteiger charge is 2.09. The Kier molecular flexibility index (Phi) is 7.25. The zero-order valence-electron chi connectivity index (χ0n) is 10.8. The molecule has 1 aromatic carbocycles. The van der Waals surface area contributed by atoms with E-state index in [1.54, 1.807) is 7.11 Å². The predicted molar refractivity (Wildman–Crippen MR) is 70.8 cm³/mol. The summed E-state index contributed by atoms with van der Waals surface area (Å²) in [6, 6.07) is 9.28. The summed E-state index contributed by atoms with van der Waals surface area (Å²) in [6.45, 7) is 2.67. The molecule has 0 radical (unpaired) electrons. The number of hydrogen-bond donors (Lipinski definition) is 1. The largest absolute Gasteiger partial charge is 0.395 e. The average molecular weight is 251 g/mol. The average Bonchev–Trinajstić information content (AvgIpc) is 2.42. The monoisotopic (exact) mass is 251 g/mol. The van der Waals surface area contributed by atoms with Crippen LogP contribution in [0.25, 0.3) is 0 Å². The molecule has 18 heavy (non-hydrogen) atoms. The van der Waals surface area contributed by atoms with Crippen molar-refractivity contribution in [3.05, 3.63) is 35.9 Å². The second kappa shape index (κ2) is 8.80. The Bertz CT molecular complexity index is 340. The third-order valence-corrected chi connectivity index (χ3v) is 2.78. The van der Waals surface area contributed by atoms with E-state index >= 15 is 0 Å². The minimum absolute atomic E-state index is 0.100. The molecular weight excluding hydrogens is 230 g/mol. The van der Waals surface area contributed by atoms with Crippen LogP contribution in [0.1, 0.15) is 16.8 Å². The quantitative estimate of drug-likeness (QED) is 0.670. The lowest BCUT2D eigenvalue weighted by Crippen LogP contribution is -2.32. The van der Waals surface area contributed by atoms with E-state index in [2.05, 4.69) is 0 Å². The molecule has 0 aliphatic carbocycles. The molecule has 4 heteroatoms. The van der Waals surface area contributed by atoms with E-state index in [0.717, 1.165) is 12.1 Å². The molecule has 0 aliphatic heterocycles. The number of aliphatic hydroxyl groups excluding tert-OH is 1. The number of methoxy groups -OCH3 is 1. The normalized spacial score (nSPS) is 10.8. The molecule has 100 valence electrons. The van der Waals surface area contributed by atoms with E-state index in [1.165, 1.54) is 0 Å². The first kappa shape index (κ1) is 14.8. The Balaban J connectivity index is 2.39. The van der Waals surface area contributed by atoms with Crippen molar-refractivity contribution in [2.45, 2.75) is 6.42 Å². The van der Waals surface area contributed by atoms with Crippen LogP contribution in [0.5, 0.6) is 0 Å². The van der Waals surface area contributed by atoms with Gasteiger partial charge in [-0.1, -0.05) is 30.3 Å². The summed E-state index contributed by atoms with van der Waals surface area (Å²) in [5.41, 5.74) is 0.744. The van der Waals surface area contributed by atoms with Crippen LogP contribution < -0.4 is 0 Å². The number of carbonyl (C=O) groups excluding carboxylic acids is 1. The van der Waals surface area contributed by atoms with Crippen molar-refractivity contribution >= 4 is 5.78 Å². The summed E-state index contributed by atoms with van der Waals surface area (Å²) in [6.07, 6.45) is 0.466. The summed E-state index contributed by atoms with van der Waals surface area (Å²) < 4.78 is 5.00. The molecule has 0 amide bonds. The van der Waals surface area contributed by atoms with Crippen LogP contribution in [0.15, 0.2) is 30.3 Å². The minimum atomic E-state index is 0.100. The molecule has 1 N–H and O–H groups in total. The van der Waals surface area contributed by atoms with E-state index in [-0.39, 0.29) is 12.4 Å². The predicted octanol–water partition coefficient (Wildman–Crippen LogP) is 1.20. The maximum absolute atomic E-state index is 11.9. The Morgan fingerprint density at radius 1 is 1.22 bits per heavy atom. The first-order valence-corrected chi connectivity index (χ1v) is 6.18. The molecule has 0 aromatic heterocycles. The van der Waals surface area contributed by atoms with Crippen molar-refractivity contribution in [2.24, 2.45) is 0 Å². The zero-order valence-corrected chi connectivity index (χ0v) is 10.8. The fraction of sp³-hybridized carbons (Fsp3) is 0.500. The number of carbonyl (C=O) groups is 1. The third kappa shape index (κ3) is 5.40. The molecule has 0 heterocycles. The van der Waals surface area contributed by atoms with Gasteiger partial charge in [-0.15, -0.1) is 0 Å². The Labute approximate surface area is 108 Å². The van der Waals surface area contributed by atoms with Crippen molar-refractivity contribution in [3.63, 3.8) is 0 Å². The van der Waals surface area contributed by atoms with Crippen LogP contribution in [0, 0.1) is 0 Å². The van der Waals surface area contributed by atoms with Crippen molar-refractivity contribution < 1.29 is 14.6 Å². The van der Waals surface area contributed by atoms with Gasteiger partial charge in [0.2, 0.25) is 0 Å². The number of aliphatic hydroxyl groups is 1. The lowest BCUT2D eigenvalue weighted by molar-refractivity contribution is 0.0933. The lowest BCUT2D eigenvalue weighted by atomic mass is 10.1. The van der Waals surface area contributed by atoms with Gasteiger partial charge in [0.15, 0.2) is 5.78 Å². The number of hydrogen-bond acceptors (Lipinski definition) is 4. The standard InChI is InChI=1S/C14H21NO3/c1-18-12-10-15(9-11-16)8-7-14(17)13-5-3-2-4-6-13/h2-6,16H,7-12H2,1H3. The second-order valence-corrected chi connectivity index (χ2v) is 4.10. The fourth-order valence-corrected chi connectivity index (χ4v) is 1.73.